The first-order valence-corrected chi connectivity index (χ1v) is 6.83. The summed E-state index contributed by atoms with van der Waals surface area (Å²) in [5.41, 5.74) is 0. The number of halogens is 1. The van der Waals surface area contributed by atoms with Crippen molar-refractivity contribution < 1.29 is 19.4 Å². The Labute approximate surface area is 122 Å². The summed E-state index contributed by atoms with van der Waals surface area (Å²) >= 11 is 5.76. The van der Waals surface area contributed by atoms with Gasteiger partial charge in [-0.05, 0) is 37.1 Å². The molecule has 0 aliphatic carbocycles. The second-order valence-electron chi connectivity index (χ2n) is 4.74. The van der Waals surface area contributed by atoms with Crippen LogP contribution in [-0.4, -0.2) is 41.6 Å². The van der Waals surface area contributed by atoms with E-state index >= 15 is 0 Å². The van der Waals surface area contributed by atoms with Gasteiger partial charge in [0.1, 0.15) is 5.75 Å². The topological polar surface area (TPSA) is 66.8 Å². The van der Waals surface area contributed by atoms with Gasteiger partial charge < -0.3 is 14.7 Å². The molecule has 5 nitrogen and oxygen atoms in total. The van der Waals surface area contributed by atoms with E-state index in [9.17, 15) is 9.59 Å². The average molecular weight is 298 g/mol. The quantitative estimate of drug-likeness (QED) is 0.923. The average Bonchev–Trinajstić information content (AvgIpc) is 2.46. The van der Waals surface area contributed by atoms with Gasteiger partial charge in [-0.25, -0.2) is 0 Å². The molecule has 0 spiro atoms. The summed E-state index contributed by atoms with van der Waals surface area (Å²) in [6, 6.07) is 6.79. The van der Waals surface area contributed by atoms with Crippen molar-refractivity contribution in [3.05, 3.63) is 29.3 Å². The monoisotopic (exact) mass is 297 g/mol. The molecule has 1 aliphatic heterocycles. The Morgan fingerprint density at radius 3 is 2.40 bits per heavy atom. The summed E-state index contributed by atoms with van der Waals surface area (Å²) in [6.07, 6.45) is 1.00. The van der Waals surface area contributed by atoms with Crippen LogP contribution in [0.1, 0.15) is 12.8 Å². The fourth-order valence-electron chi connectivity index (χ4n) is 2.14. The Hall–Kier alpha value is -1.75. The fourth-order valence-corrected chi connectivity index (χ4v) is 2.27. The second-order valence-corrected chi connectivity index (χ2v) is 5.17. The third kappa shape index (κ3) is 3.87. The smallest absolute Gasteiger partial charge is 0.306 e. The Morgan fingerprint density at radius 1 is 1.25 bits per heavy atom. The summed E-state index contributed by atoms with van der Waals surface area (Å²) in [5.74, 6) is -0.655. The van der Waals surface area contributed by atoms with Gasteiger partial charge in [-0.1, -0.05) is 11.6 Å². The molecule has 1 aromatic carbocycles. The number of piperidine rings is 1. The fraction of sp³-hybridized carbons (Fsp3) is 0.429. The number of rotatable bonds is 4. The SMILES string of the molecule is O=C(O)C1CCN(C(=O)COc2ccc(Cl)cc2)CC1. The highest BCUT2D eigenvalue weighted by Crippen LogP contribution is 2.18. The van der Waals surface area contributed by atoms with Crippen molar-refractivity contribution in [3.63, 3.8) is 0 Å². The number of hydrogen-bond donors (Lipinski definition) is 1. The molecule has 1 fully saturated rings. The number of carboxylic acids is 1. The van der Waals surface area contributed by atoms with E-state index in [1.54, 1.807) is 29.2 Å². The van der Waals surface area contributed by atoms with Gasteiger partial charge in [0.2, 0.25) is 0 Å². The largest absolute Gasteiger partial charge is 0.484 e. The molecule has 2 rings (SSSR count). The first-order valence-electron chi connectivity index (χ1n) is 6.45. The number of hydrogen-bond acceptors (Lipinski definition) is 3. The number of benzene rings is 1. The van der Waals surface area contributed by atoms with Crippen molar-refractivity contribution in [2.45, 2.75) is 12.8 Å². The normalized spacial score (nSPS) is 15.9. The molecular formula is C14H16ClNO4. The zero-order valence-electron chi connectivity index (χ0n) is 10.9. The van der Waals surface area contributed by atoms with Crippen LogP contribution in [-0.2, 0) is 9.59 Å². The number of carbonyl (C=O) groups excluding carboxylic acids is 1. The molecule has 1 aliphatic rings. The maximum Gasteiger partial charge on any atom is 0.306 e. The summed E-state index contributed by atoms with van der Waals surface area (Å²) in [7, 11) is 0. The van der Waals surface area contributed by atoms with Crippen LogP contribution in [0.5, 0.6) is 5.75 Å². The molecule has 0 radical (unpaired) electrons. The minimum absolute atomic E-state index is 0.0423. The van der Waals surface area contributed by atoms with Gasteiger partial charge in [-0.3, -0.25) is 9.59 Å². The molecule has 1 aromatic rings. The first kappa shape index (κ1) is 14.7. The molecule has 1 N–H and O–H groups in total. The third-order valence-electron chi connectivity index (χ3n) is 3.37. The van der Waals surface area contributed by atoms with Crippen molar-refractivity contribution >= 4 is 23.5 Å². The lowest BCUT2D eigenvalue weighted by Crippen LogP contribution is -2.42. The van der Waals surface area contributed by atoms with Crippen LogP contribution in [0.25, 0.3) is 0 Å². The zero-order valence-corrected chi connectivity index (χ0v) is 11.7. The highest BCUT2D eigenvalue weighted by Gasteiger charge is 2.26. The lowest BCUT2D eigenvalue weighted by molar-refractivity contribution is -0.146. The molecule has 0 aromatic heterocycles. The van der Waals surface area contributed by atoms with E-state index in [-0.39, 0.29) is 18.4 Å². The van der Waals surface area contributed by atoms with Crippen molar-refractivity contribution in [2.75, 3.05) is 19.7 Å². The molecule has 0 saturated carbocycles. The van der Waals surface area contributed by atoms with E-state index in [4.69, 9.17) is 21.4 Å². The van der Waals surface area contributed by atoms with Crippen molar-refractivity contribution in [2.24, 2.45) is 5.92 Å². The predicted octanol–water partition coefficient (Wildman–Crippen LogP) is 2.04. The zero-order chi connectivity index (χ0) is 14.5. The van der Waals surface area contributed by atoms with Gasteiger partial charge in [0.15, 0.2) is 6.61 Å². The maximum absolute atomic E-state index is 11.9. The van der Waals surface area contributed by atoms with E-state index in [2.05, 4.69) is 0 Å². The number of nitrogens with zero attached hydrogens (tertiary/aromatic N) is 1. The van der Waals surface area contributed by atoms with Gasteiger partial charge in [0.25, 0.3) is 5.91 Å². The number of carbonyl (C=O) groups is 2. The molecule has 6 heteroatoms. The number of ether oxygens (including phenoxy) is 1. The van der Waals surface area contributed by atoms with Crippen molar-refractivity contribution in [3.8, 4) is 5.75 Å². The van der Waals surface area contributed by atoms with E-state index in [0.717, 1.165) is 0 Å². The van der Waals surface area contributed by atoms with Gasteiger partial charge in [-0.2, -0.15) is 0 Å². The van der Waals surface area contributed by atoms with Gasteiger partial charge in [0.05, 0.1) is 5.92 Å². The van der Waals surface area contributed by atoms with Gasteiger partial charge >= 0.3 is 5.97 Å². The molecule has 0 bridgehead atoms. The highest BCUT2D eigenvalue weighted by atomic mass is 35.5. The lowest BCUT2D eigenvalue weighted by Gasteiger charge is -2.30. The molecule has 20 heavy (non-hydrogen) atoms. The summed E-state index contributed by atoms with van der Waals surface area (Å²) < 4.78 is 5.38. The van der Waals surface area contributed by atoms with E-state index in [1.807, 2.05) is 0 Å². The molecule has 0 unspecified atom stereocenters. The first-order chi connectivity index (χ1) is 9.56. The highest BCUT2D eigenvalue weighted by molar-refractivity contribution is 6.30. The molecule has 1 heterocycles. The Morgan fingerprint density at radius 2 is 1.85 bits per heavy atom. The minimum Gasteiger partial charge on any atom is -0.484 e. The number of aliphatic carboxylic acids is 1. The standard InChI is InChI=1S/C14H16ClNO4/c15-11-1-3-12(4-2-11)20-9-13(17)16-7-5-10(6-8-16)14(18)19/h1-4,10H,5-9H2,(H,18,19). The van der Waals surface area contributed by atoms with Crippen LogP contribution in [0.3, 0.4) is 0 Å². The van der Waals surface area contributed by atoms with Crippen LogP contribution < -0.4 is 4.74 Å². The molecule has 0 atom stereocenters. The summed E-state index contributed by atoms with van der Waals surface area (Å²) in [5, 5.41) is 9.51. The van der Waals surface area contributed by atoms with Gasteiger partial charge in [-0.15, -0.1) is 0 Å². The molecular weight excluding hydrogens is 282 g/mol. The van der Waals surface area contributed by atoms with Crippen LogP contribution >= 0.6 is 11.6 Å². The predicted molar refractivity (Wildman–Crippen MR) is 73.9 cm³/mol. The molecule has 1 amide bonds. The van der Waals surface area contributed by atoms with Crippen LogP contribution in [0.15, 0.2) is 24.3 Å². The van der Waals surface area contributed by atoms with Crippen LogP contribution in [0.4, 0.5) is 0 Å². The summed E-state index contributed by atoms with van der Waals surface area (Å²) in [4.78, 5) is 24.4. The molecule has 1 saturated heterocycles. The van der Waals surface area contributed by atoms with Gasteiger partial charge in [0, 0.05) is 18.1 Å². The number of likely N-dealkylation sites (tertiary alicyclic amines) is 1. The Bertz CT molecular complexity index is 480. The second kappa shape index (κ2) is 6.61. The summed E-state index contributed by atoms with van der Waals surface area (Å²) in [6.45, 7) is 0.902. The number of amides is 1. The maximum atomic E-state index is 11.9. The van der Waals surface area contributed by atoms with Crippen molar-refractivity contribution in [1.82, 2.24) is 4.90 Å². The number of carboxylic acid groups (broad SMARTS) is 1. The van der Waals surface area contributed by atoms with Crippen molar-refractivity contribution in [1.29, 1.82) is 0 Å². The van der Waals surface area contributed by atoms with E-state index in [0.29, 0.717) is 36.7 Å². The lowest BCUT2D eigenvalue weighted by atomic mass is 9.97. The minimum atomic E-state index is -0.783. The van der Waals surface area contributed by atoms with E-state index < -0.39 is 5.97 Å². The van der Waals surface area contributed by atoms with E-state index in [1.165, 1.54) is 0 Å². The van der Waals surface area contributed by atoms with Crippen LogP contribution in [0, 0.1) is 5.92 Å². The Kier molecular flexibility index (Phi) is 4.84. The third-order valence-corrected chi connectivity index (χ3v) is 3.62. The van der Waals surface area contributed by atoms with Crippen LogP contribution in [0.2, 0.25) is 5.02 Å². The Balaban J connectivity index is 1.78. The molecule has 108 valence electrons.